The van der Waals surface area contributed by atoms with Crippen LogP contribution in [0.25, 0.3) is 0 Å². The molecule has 0 aromatic heterocycles. The predicted octanol–water partition coefficient (Wildman–Crippen LogP) is 4.47. The summed E-state index contributed by atoms with van der Waals surface area (Å²) in [4.78, 5) is 13.2. The Morgan fingerprint density at radius 2 is 1.90 bits per heavy atom. The Balaban J connectivity index is 1.61. The van der Waals surface area contributed by atoms with Crippen molar-refractivity contribution in [1.29, 1.82) is 0 Å². The molecule has 2 aromatic carbocycles. The standard InChI is InChI=1S/C23H29FN2O3/c1-15(2)28-22-7-5-6-21(23(22)24)26-13-12-20(14-26)29-19-10-8-18(9-11-19)16(3)25-17(4)27/h5-11,15-16,20H,12-14H2,1-4H3,(H,25,27). The number of carbonyl (C=O) groups is 1. The Hall–Kier alpha value is -2.76. The van der Waals surface area contributed by atoms with Crippen LogP contribution in [0.15, 0.2) is 42.5 Å². The number of halogens is 1. The lowest BCUT2D eigenvalue weighted by atomic mass is 10.1. The molecule has 0 saturated carbocycles. The smallest absolute Gasteiger partial charge is 0.217 e. The fraction of sp³-hybridized carbons (Fsp3) is 0.435. The molecular formula is C23H29FN2O3. The maximum atomic E-state index is 14.8. The summed E-state index contributed by atoms with van der Waals surface area (Å²) in [7, 11) is 0. The number of hydrogen-bond donors (Lipinski definition) is 1. The molecule has 0 aliphatic carbocycles. The molecule has 5 nitrogen and oxygen atoms in total. The number of benzene rings is 2. The van der Waals surface area contributed by atoms with Crippen molar-refractivity contribution < 1.29 is 18.7 Å². The van der Waals surface area contributed by atoms with Gasteiger partial charge in [0, 0.05) is 19.9 Å². The van der Waals surface area contributed by atoms with E-state index in [2.05, 4.69) is 5.32 Å². The molecule has 6 heteroatoms. The first-order chi connectivity index (χ1) is 13.8. The summed E-state index contributed by atoms with van der Waals surface area (Å²) >= 11 is 0. The molecule has 1 heterocycles. The topological polar surface area (TPSA) is 50.8 Å². The normalized spacial score (nSPS) is 17.3. The van der Waals surface area contributed by atoms with Gasteiger partial charge in [0.1, 0.15) is 11.9 Å². The van der Waals surface area contributed by atoms with E-state index in [-0.39, 0.29) is 35.7 Å². The molecule has 156 valence electrons. The molecule has 3 rings (SSSR count). The highest BCUT2D eigenvalue weighted by atomic mass is 19.1. The van der Waals surface area contributed by atoms with E-state index in [0.717, 1.165) is 24.3 Å². The Bertz CT molecular complexity index is 839. The molecule has 1 amide bonds. The molecule has 2 atom stereocenters. The van der Waals surface area contributed by atoms with Gasteiger partial charge in [-0.3, -0.25) is 4.79 Å². The number of rotatable bonds is 7. The van der Waals surface area contributed by atoms with Crippen LogP contribution in [-0.2, 0) is 4.79 Å². The van der Waals surface area contributed by atoms with Crippen LogP contribution in [0.1, 0.15) is 45.7 Å². The third-order valence-corrected chi connectivity index (χ3v) is 4.89. The first kappa shape index (κ1) is 21.0. The second kappa shape index (κ2) is 9.16. The lowest BCUT2D eigenvalue weighted by Gasteiger charge is -2.21. The van der Waals surface area contributed by atoms with Crippen molar-refractivity contribution in [2.45, 2.75) is 52.4 Å². The number of nitrogens with zero attached hydrogens (tertiary/aromatic N) is 1. The molecule has 0 bridgehead atoms. The number of nitrogens with one attached hydrogen (secondary N) is 1. The van der Waals surface area contributed by atoms with Crippen LogP contribution in [0, 0.1) is 5.82 Å². The lowest BCUT2D eigenvalue weighted by molar-refractivity contribution is -0.119. The molecule has 29 heavy (non-hydrogen) atoms. The number of anilines is 1. The van der Waals surface area contributed by atoms with Crippen LogP contribution >= 0.6 is 0 Å². The summed E-state index contributed by atoms with van der Waals surface area (Å²) in [5, 5.41) is 2.86. The lowest BCUT2D eigenvalue weighted by Crippen LogP contribution is -2.25. The number of ether oxygens (including phenoxy) is 2. The molecule has 1 aliphatic rings. The largest absolute Gasteiger partial charge is 0.489 e. The Morgan fingerprint density at radius 3 is 2.55 bits per heavy atom. The van der Waals surface area contributed by atoms with Crippen LogP contribution in [0.2, 0.25) is 0 Å². The van der Waals surface area contributed by atoms with E-state index in [1.807, 2.05) is 56.0 Å². The summed E-state index contributed by atoms with van der Waals surface area (Å²) in [6, 6.07) is 12.9. The van der Waals surface area contributed by atoms with E-state index >= 15 is 0 Å². The maximum absolute atomic E-state index is 14.8. The van der Waals surface area contributed by atoms with Crippen molar-refractivity contribution in [2.24, 2.45) is 0 Å². The fourth-order valence-corrected chi connectivity index (χ4v) is 3.55. The zero-order valence-corrected chi connectivity index (χ0v) is 17.4. The molecule has 1 aliphatic heterocycles. The van der Waals surface area contributed by atoms with Crippen LogP contribution in [0.4, 0.5) is 10.1 Å². The SMILES string of the molecule is CC(=O)NC(C)c1ccc(OC2CCN(c3cccc(OC(C)C)c3F)C2)cc1. The summed E-state index contributed by atoms with van der Waals surface area (Å²) in [6.45, 7) is 8.56. The maximum Gasteiger partial charge on any atom is 0.217 e. The molecule has 1 N–H and O–H groups in total. The van der Waals surface area contributed by atoms with Gasteiger partial charge >= 0.3 is 0 Å². The van der Waals surface area contributed by atoms with Gasteiger partial charge in [-0.25, -0.2) is 4.39 Å². The van der Waals surface area contributed by atoms with E-state index < -0.39 is 0 Å². The molecule has 2 unspecified atom stereocenters. The van der Waals surface area contributed by atoms with Gasteiger partial charge in [0.05, 0.1) is 24.4 Å². The van der Waals surface area contributed by atoms with Crippen molar-refractivity contribution in [3.05, 3.63) is 53.8 Å². The van der Waals surface area contributed by atoms with Crippen molar-refractivity contribution in [3.63, 3.8) is 0 Å². The average molecular weight is 400 g/mol. The zero-order valence-electron chi connectivity index (χ0n) is 17.4. The molecule has 1 saturated heterocycles. The zero-order chi connectivity index (χ0) is 21.0. The highest BCUT2D eigenvalue weighted by molar-refractivity contribution is 5.73. The molecule has 1 fully saturated rings. The second-order valence-corrected chi connectivity index (χ2v) is 7.72. The van der Waals surface area contributed by atoms with Crippen molar-refractivity contribution in [3.8, 4) is 11.5 Å². The minimum atomic E-state index is -0.321. The van der Waals surface area contributed by atoms with Crippen LogP contribution in [0.5, 0.6) is 11.5 Å². The fourth-order valence-electron chi connectivity index (χ4n) is 3.55. The summed E-state index contributed by atoms with van der Waals surface area (Å²) in [5.41, 5.74) is 1.57. The third-order valence-electron chi connectivity index (χ3n) is 4.89. The molecule has 2 aromatic rings. The number of carbonyl (C=O) groups excluding carboxylic acids is 1. The molecular weight excluding hydrogens is 371 g/mol. The minimum absolute atomic E-state index is 0.0114. The van der Waals surface area contributed by atoms with Gasteiger partial charge in [0.15, 0.2) is 11.6 Å². The van der Waals surface area contributed by atoms with Crippen LogP contribution in [0.3, 0.4) is 0 Å². The quantitative estimate of drug-likeness (QED) is 0.745. The average Bonchev–Trinajstić information content (AvgIpc) is 3.11. The van der Waals surface area contributed by atoms with Crippen molar-refractivity contribution in [1.82, 2.24) is 5.32 Å². The Morgan fingerprint density at radius 1 is 1.17 bits per heavy atom. The third kappa shape index (κ3) is 5.40. The van der Waals surface area contributed by atoms with Gasteiger partial charge in [-0.05, 0) is 50.6 Å². The highest BCUT2D eigenvalue weighted by Gasteiger charge is 2.27. The number of hydrogen-bond acceptors (Lipinski definition) is 4. The van der Waals surface area contributed by atoms with Gasteiger partial charge in [-0.1, -0.05) is 18.2 Å². The van der Waals surface area contributed by atoms with E-state index in [9.17, 15) is 9.18 Å². The summed E-state index contributed by atoms with van der Waals surface area (Å²) in [5.74, 6) is 0.677. The molecule has 0 radical (unpaired) electrons. The first-order valence-electron chi connectivity index (χ1n) is 10.1. The van der Waals surface area contributed by atoms with Crippen molar-refractivity contribution in [2.75, 3.05) is 18.0 Å². The van der Waals surface area contributed by atoms with E-state index in [4.69, 9.17) is 9.47 Å². The first-order valence-corrected chi connectivity index (χ1v) is 10.1. The van der Waals surface area contributed by atoms with Gasteiger partial charge in [-0.2, -0.15) is 0 Å². The van der Waals surface area contributed by atoms with Crippen LogP contribution in [-0.4, -0.2) is 31.2 Å². The van der Waals surface area contributed by atoms with Gasteiger partial charge in [-0.15, -0.1) is 0 Å². The summed E-state index contributed by atoms with van der Waals surface area (Å²) in [6.07, 6.45) is 0.729. The monoisotopic (exact) mass is 400 g/mol. The summed E-state index contributed by atoms with van der Waals surface area (Å²) < 4.78 is 26.5. The molecule has 0 spiro atoms. The minimum Gasteiger partial charge on any atom is -0.489 e. The second-order valence-electron chi connectivity index (χ2n) is 7.72. The number of amides is 1. The Labute approximate surface area is 171 Å². The highest BCUT2D eigenvalue weighted by Crippen LogP contribution is 2.31. The van der Waals surface area contributed by atoms with Gasteiger partial charge < -0.3 is 19.7 Å². The predicted molar refractivity (Wildman–Crippen MR) is 112 cm³/mol. The Kier molecular flexibility index (Phi) is 6.62. The van der Waals surface area contributed by atoms with Crippen molar-refractivity contribution >= 4 is 11.6 Å². The van der Waals surface area contributed by atoms with E-state index in [1.54, 1.807) is 12.1 Å². The van der Waals surface area contributed by atoms with Gasteiger partial charge in [0.25, 0.3) is 0 Å². The van der Waals surface area contributed by atoms with E-state index in [1.165, 1.54) is 6.92 Å². The van der Waals surface area contributed by atoms with Crippen LogP contribution < -0.4 is 19.7 Å². The van der Waals surface area contributed by atoms with Gasteiger partial charge in [0.2, 0.25) is 5.91 Å². The van der Waals surface area contributed by atoms with E-state index in [0.29, 0.717) is 12.2 Å².